The third-order valence-electron chi connectivity index (χ3n) is 3.68. The van der Waals surface area contributed by atoms with E-state index in [2.05, 4.69) is 15.3 Å². The summed E-state index contributed by atoms with van der Waals surface area (Å²) in [6.07, 6.45) is 0. The topological polar surface area (TPSA) is 67.4 Å². The molecule has 1 N–H and O–H groups in total. The summed E-state index contributed by atoms with van der Waals surface area (Å²) in [6, 6.07) is 9.38. The minimum atomic E-state index is -0.228. The molecule has 0 atom stereocenters. The highest BCUT2D eigenvalue weighted by molar-refractivity contribution is 6.03. The van der Waals surface area contributed by atoms with E-state index < -0.39 is 0 Å². The van der Waals surface area contributed by atoms with Crippen molar-refractivity contribution in [2.45, 2.75) is 13.8 Å². The van der Waals surface area contributed by atoms with E-state index >= 15 is 0 Å². The monoisotopic (exact) mass is 312 g/mol. The van der Waals surface area contributed by atoms with Crippen LogP contribution in [0.2, 0.25) is 0 Å². The molecule has 1 fully saturated rings. The van der Waals surface area contributed by atoms with E-state index in [4.69, 9.17) is 4.74 Å². The van der Waals surface area contributed by atoms with E-state index in [1.54, 1.807) is 6.07 Å². The molecule has 1 aromatic heterocycles. The Morgan fingerprint density at radius 1 is 1.13 bits per heavy atom. The van der Waals surface area contributed by atoms with Gasteiger partial charge in [-0.2, -0.15) is 0 Å². The Kier molecular flexibility index (Phi) is 4.52. The standard InChI is InChI=1S/C17H20N4O2/c1-12-3-5-14(6-4-12)19-16(22)15-11-13(2)18-17(20-15)21-7-9-23-10-8-21/h3-6,11H,7-10H2,1-2H3,(H,19,22). The van der Waals surface area contributed by atoms with Gasteiger partial charge in [0.1, 0.15) is 5.69 Å². The lowest BCUT2D eigenvalue weighted by atomic mass is 10.2. The number of nitrogens with zero attached hydrogens (tertiary/aromatic N) is 3. The van der Waals surface area contributed by atoms with Crippen LogP contribution in [0.1, 0.15) is 21.7 Å². The van der Waals surface area contributed by atoms with Crippen LogP contribution in [0.4, 0.5) is 11.6 Å². The number of amides is 1. The van der Waals surface area contributed by atoms with Gasteiger partial charge in [-0.1, -0.05) is 17.7 Å². The Morgan fingerprint density at radius 3 is 2.52 bits per heavy atom. The molecule has 23 heavy (non-hydrogen) atoms. The first-order chi connectivity index (χ1) is 11.1. The number of carbonyl (C=O) groups is 1. The molecule has 120 valence electrons. The van der Waals surface area contributed by atoms with Crippen molar-refractivity contribution in [3.63, 3.8) is 0 Å². The molecule has 2 aromatic rings. The summed E-state index contributed by atoms with van der Waals surface area (Å²) in [4.78, 5) is 23.3. The number of aromatic nitrogens is 2. The molecule has 0 radical (unpaired) electrons. The second kappa shape index (κ2) is 6.75. The SMILES string of the molecule is Cc1ccc(NC(=O)c2cc(C)nc(N3CCOCC3)n2)cc1. The van der Waals surface area contributed by atoms with Crippen LogP contribution in [0.5, 0.6) is 0 Å². The van der Waals surface area contributed by atoms with Crippen molar-refractivity contribution in [2.75, 3.05) is 36.5 Å². The van der Waals surface area contributed by atoms with Gasteiger partial charge in [-0.3, -0.25) is 4.79 Å². The second-order valence-electron chi connectivity index (χ2n) is 5.61. The van der Waals surface area contributed by atoms with E-state index in [-0.39, 0.29) is 5.91 Å². The molecule has 3 rings (SSSR count). The summed E-state index contributed by atoms with van der Waals surface area (Å²) in [5.74, 6) is 0.358. The summed E-state index contributed by atoms with van der Waals surface area (Å²) in [5.41, 5.74) is 3.05. The number of rotatable bonds is 3. The Balaban J connectivity index is 1.79. The largest absolute Gasteiger partial charge is 0.378 e. The van der Waals surface area contributed by atoms with Gasteiger partial charge in [0.15, 0.2) is 0 Å². The van der Waals surface area contributed by atoms with E-state index in [1.165, 1.54) is 0 Å². The summed E-state index contributed by atoms with van der Waals surface area (Å²) < 4.78 is 5.34. The van der Waals surface area contributed by atoms with Gasteiger partial charge in [0.2, 0.25) is 5.95 Å². The summed E-state index contributed by atoms with van der Waals surface area (Å²) in [5, 5.41) is 2.87. The lowest BCUT2D eigenvalue weighted by Gasteiger charge is -2.27. The Labute approximate surface area is 135 Å². The van der Waals surface area contributed by atoms with Gasteiger partial charge in [0.05, 0.1) is 13.2 Å². The molecule has 0 bridgehead atoms. The van der Waals surface area contributed by atoms with Gasteiger partial charge < -0.3 is 15.0 Å². The van der Waals surface area contributed by atoms with Crippen molar-refractivity contribution in [3.05, 3.63) is 47.3 Å². The number of anilines is 2. The first kappa shape index (κ1) is 15.4. The number of benzene rings is 1. The number of nitrogens with one attached hydrogen (secondary N) is 1. The third kappa shape index (κ3) is 3.84. The average molecular weight is 312 g/mol. The maximum Gasteiger partial charge on any atom is 0.274 e. The summed E-state index contributed by atoms with van der Waals surface area (Å²) in [6.45, 7) is 6.66. The zero-order valence-electron chi connectivity index (χ0n) is 13.4. The normalized spacial score (nSPS) is 14.6. The van der Waals surface area contributed by atoms with Gasteiger partial charge in [-0.05, 0) is 32.0 Å². The van der Waals surface area contributed by atoms with Crippen LogP contribution in [0.25, 0.3) is 0 Å². The quantitative estimate of drug-likeness (QED) is 0.941. The van der Waals surface area contributed by atoms with E-state index in [0.717, 1.165) is 30.0 Å². The molecule has 6 heteroatoms. The molecule has 6 nitrogen and oxygen atoms in total. The minimum absolute atomic E-state index is 0.228. The second-order valence-corrected chi connectivity index (χ2v) is 5.61. The third-order valence-corrected chi connectivity index (χ3v) is 3.68. The van der Waals surface area contributed by atoms with Crippen molar-refractivity contribution in [1.82, 2.24) is 9.97 Å². The molecule has 1 amide bonds. The number of aryl methyl sites for hydroxylation is 2. The van der Waals surface area contributed by atoms with Gasteiger partial charge in [-0.25, -0.2) is 9.97 Å². The fourth-order valence-electron chi connectivity index (χ4n) is 2.41. The van der Waals surface area contributed by atoms with Crippen molar-refractivity contribution in [1.29, 1.82) is 0 Å². The molecule has 0 aliphatic carbocycles. The molecule has 1 aromatic carbocycles. The van der Waals surface area contributed by atoms with E-state index in [1.807, 2.05) is 43.0 Å². The minimum Gasteiger partial charge on any atom is -0.378 e. The number of hydrogen-bond acceptors (Lipinski definition) is 5. The number of hydrogen-bond donors (Lipinski definition) is 1. The van der Waals surface area contributed by atoms with Crippen LogP contribution in [0.3, 0.4) is 0 Å². The zero-order valence-corrected chi connectivity index (χ0v) is 13.4. The molecule has 1 aliphatic heterocycles. The first-order valence-corrected chi connectivity index (χ1v) is 7.68. The molecule has 1 saturated heterocycles. The van der Waals surface area contributed by atoms with Crippen molar-refractivity contribution < 1.29 is 9.53 Å². The lowest BCUT2D eigenvalue weighted by molar-refractivity contribution is 0.102. The van der Waals surface area contributed by atoms with Gasteiger partial charge >= 0.3 is 0 Å². The maximum atomic E-state index is 12.4. The fourth-order valence-corrected chi connectivity index (χ4v) is 2.41. The highest BCUT2D eigenvalue weighted by Gasteiger charge is 2.17. The fraction of sp³-hybridized carbons (Fsp3) is 0.353. The molecule has 1 aliphatic rings. The Morgan fingerprint density at radius 2 is 1.83 bits per heavy atom. The van der Waals surface area contributed by atoms with Crippen LogP contribution < -0.4 is 10.2 Å². The predicted molar refractivity (Wildman–Crippen MR) is 88.9 cm³/mol. The first-order valence-electron chi connectivity index (χ1n) is 7.68. The van der Waals surface area contributed by atoms with Gasteiger partial charge in [0.25, 0.3) is 5.91 Å². The number of carbonyl (C=O) groups excluding carboxylic acids is 1. The van der Waals surface area contributed by atoms with E-state index in [0.29, 0.717) is 24.9 Å². The molecule has 0 spiro atoms. The maximum absolute atomic E-state index is 12.4. The van der Waals surface area contributed by atoms with Crippen LogP contribution in [0.15, 0.2) is 30.3 Å². The Bertz CT molecular complexity index is 694. The van der Waals surface area contributed by atoms with Crippen molar-refractivity contribution in [2.24, 2.45) is 0 Å². The molecule has 0 unspecified atom stereocenters. The highest BCUT2D eigenvalue weighted by Crippen LogP contribution is 2.14. The van der Waals surface area contributed by atoms with Crippen LogP contribution in [0, 0.1) is 13.8 Å². The summed E-state index contributed by atoms with van der Waals surface area (Å²) in [7, 11) is 0. The van der Waals surface area contributed by atoms with E-state index in [9.17, 15) is 4.79 Å². The lowest BCUT2D eigenvalue weighted by Crippen LogP contribution is -2.37. The molecule has 2 heterocycles. The summed E-state index contributed by atoms with van der Waals surface area (Å²) >= 11 is 0. The smallest absolute Gasteiger partial charge is 0.274 e. The molecule has 0 saturated carbocycles. The highest BCUT2D eigenvalue weighted by atomic mass is 16.5. The van der Waals surface area contributed by atoms with Crippen molar-refractivity contribution >= 4 is 17.5 Å². The zero-order chi connectivity index (χ0) is 16.2. The van der Waals surface area contributed by atoms with Gasteiger partial charge in [0, 0.05) is 24.5 Å². The van der Waals surface area contributed by atoms with Crippen LogP contribution >= 0.6 is 0 Å². The number of morpholine rings is 1. The predicted octanol–water partition coefficient (Wildman–Crippen LogP) is 2.18. The molecular formula is C17H20N4O2. The number of ether oxygens (including phenoxy) is 1. The average Bonchev–Trinajstić information content (AvgIpc) is 2.57. The van der Waals surface area contributed by atoms with Crippen LogP contribution in [-0.4, -0.2) is 42.2 Å². The molecular weight excluding hydrogens is 292 g/mol. The Hall–Kier alpha value is -2.47. The van der Waals surface area contributed by atoms with Crippen LogP contribution in [-0.2, 0) is 4.74 Å². The van der Waals surface area contributed by atoms with Gasteiger partial charge in [-0.15, -0.1) is 0 Å². The van der Waals surface area contributed by atoms with Crippen molar-refractivity contribution in [3.8, 4) is 0 Å².